The molecule has 3 aromatic rings. The van der Waals surface area contributed by atoms with Crippen LogP contribution in [0.1, 0.15) is 34.5 Å². The Bertz CT molecular complexity index is 1170. The van der Waals surface area contributed by atoms with E-state index in [9.17, 15) is 4.79 Å². The van der Waals surface area contributed by atoms with Gasteiger partial charge in [0.05, 0.1) is 26.3 Å². The number of rotatable bonds is 7. The molecule has 1 amide bonds. The topological polar surface area (TPSA) is 58.6 Å². The van der Waals surface area contributed by atoms with Gasteiger partial charge in [0.25, 0.3) is 5.91 Å². The molecule has 35 heavy (non-hydrogen) atoms. The number of aromatic nitrogens is 2. The van der Waals surface area contributed by atoms with E-state index in [1.54, 1.807) is 30.6 Å². The molecule has 1 saturated heterocycles. The molecule has 9 heteroatoms. The average Bonchev–Trinajstić information content (AvgIpc) is 3.28. The molecule has 0 N–H and O–H groups in total. The van der Waals surface area contributed by atoms with Gasteiger partial charge in [0.1, 0.15) is 6.10 Å². The molecule has 6 nitrogen and oxygen atoms in total. The highest BCUT2D eigenvalue weighted by atomic mass is 35.5. The maximum atomic E-state index is 13.4. The Kier molecular flexibility index (Phi) is 8.17. The lowest BCUT2D eigenvalue weighted by Gasteiger charge is -2.25. The van der Waals surface area contributed by atoms with E-state index < -0.39 is 0 Å². The quantitative estimate of drug-likeness (QED) is 0.383. The average molecular weight is 534 g/mol. The van der Waals surface area contributed by atoms with Crippen LogP contribution in [0.2, 0.25) is 15.1 Å². The van der Waals surface area contributed by atoms with E-state index in [-0.39, 0.29) is 23.8 Å². The second kappa shape index (κ2) is 11.1. The second-order valence-electron chi connectivity index (χ2n) is 9.07. The largest absolute Gasteiger partial charge is 0.474 e. The Hall–Kier alpha value is -2.38. The lowest BCUT2D eigenvalue weighted by molar-refractivity contribution is 0.0769. The van der Waals surface area contributed by atoms with Crippen LogP contribution in [0, 0.1) is 5.92 Å². The van der Waals surface area contributed by atoms with Crippen LogP contribution in [0.3, 0.4) is 0 Å². The van der Waals surface area contributed by atoms with Crippen LogP contribution >= 0.6 is 34.8 Å². The Balaban J connectivity index is 1.57. The summed E-state index contributed by atoms with van der Waals surface area (Å²) in [5, 5.41) is 1.53. The number of carbonyl (C=O) groups excluding carboxylic acids is 1. The summed E-state index contributed by atoms with van der Waals surface area (Å²) in [7, 11) is 3.97. The van der Waals surface area contributed by atoms with Gasteiger partial charge in [-0.3, -0.25) is 9.78 Å². The first kappa shape index (κ1) is 25.7. The van der Waals surface area contributed by atoms with Gasteiger partial charge in [-0.1, -0.05) is 40.9 Å². The summed E-state index contributed by atoms with van der Waals surface area (Å²) in [6.07, 6.45) is 2.99. The standard InChI is InChI=1S/C26H27Cl3N4O2/c1-16(35-25-9-6-19(27)12-31-25)21-14-33(15-22(21)17-5-8-23(28)24(29)10-17)26(34)18-4-7-20(30-11-18)13-32(2)3/h4-12,16,21-22H,13-15H2,1-3H3. The number of ether oxygens (including phenoxy) is 1. The van der Waals surface area contributed by atoms with E-state index in [2.05, 4.69) is 9.97 Å². The summed E-state index contributed by atoms with van der Waals surface area (Å²) < 4.78 is 6.16. The van der Waals surface area contributed by atoms with Crippen molar-refractivity contribution in [2.24, 2.45) is 5.92 Å². The first-order chi connectivity index (χ1) is 16.7. The predicted molar refractivity (Wildman–Crippen MR) is 140 cm³/mol. The van der Waals surface area contributed by atoms with Gasteiger partial charge in [-0.05, 0) is 56.9 Å². The molecule has 4 rings (SSSR count). The van der Waals surface area contributed by atoms with E-state index in [0.29, 0.717) is 46.1 Å². The highest BCUT2D eigenvalue weighted by Crippen LogP contribution is 2.38. The van der Waals surface area contributed by atoms with Gasteiger partial charge in [-0.25, -0.2) is 4.98 Å². The molecule has 0 aliphatic carbocycles. The van der Waals surface area contributed by atoms with Gasteiger partial charge in [-0.2, -0.15) is 0 Å². The maximum Gasteiger partial charge on any atom is 0.255 e. The fourth-order valence-corrected chi connectivity index (χ4v) is 4.85. The van der Waals surface area contributed by atoms with Crippen LogP contribution in [0.4, 0.5) is 0 Å². The highest BCUT2D eigenvalue weighted by molar-refractivity contribution is 6.42. The van der Waals surface area contributed by atoms with Crippen molar-refractivity contribution >= 4 is 40.7 Å². The molecule has 1 aromatic carbocycles. The third kappa shape index (κ3) is 6.25. The van der Waals surface area contributed by atoms with Gasteiger partial charge in [0.15, 0.2) is 0 Å². The first-order valence-corrected chi connectivity index (χ1v) is 12.5. The van der Waals surface area contributed by atoms with Crippen LogP contribution in [0.25, 0.3) is 0 Å². The summed E-state index contributed by atoms with van der Waals surface area (Å²) in [6.45, 7) is 3.77. The van der Waals surface area contributed by atoms with Crippen molar-refractivity contribution in [1.29, 1.82) is 0 Å². The number of hydrogen-bond donors (Lipinski definition) is 0. The van der Waals surface area contributed by atoms with E-state index in [1.165, 1.54) is 0 Å². The summed E-state index contributed by atoms with van der Waals surface area (Å²) in [4.78, 5) is 26.0. The van der Waals surface area contributed by atoms with Crippen LogP contribution in [-0.2, 0) is 6.54 Å². The monoisotopic (exact) mass is 532 g/mol. The smallest absolute Gasteiger partial charge is 0.255 e. The number of carbonyl (C=O) groups is 1. The molecule has 0 spiro atoms. The van der Waals surface area contributed by atoms with E-state index in [1.807, 2.05) is 55.1 Å². The molecule has 3 atom stereocenters. The molecule has 1 aliphatic rings. The SMILES string of the molecule is CC(Oc1ccc(Cl)cn1)C1CN(C(=O)c2ccc(CN(C)C)nc2)CC1c1ccc(Cl)c(Cl)c1. The van der Waals surface area contributed by atoms with E-state index in [0.717, 1.165) is 11.3 Å². The third-order valence-corrected chi connectivity index (χ3v) is 7.15. The number of hydrogen-bond acceptors (Lipinski definition) is 5. The molecular formula is C26H27Cl3N4O2. The number of benzene rings is 1. The minimum absolute atomic E-state index is 0.00893. The van der Waals surface area contributed by atoms with Crippen LogP contribution in [0.5, 0.6) is 5.88 Å². The molecule has 0 radical (unpaired) electrons. The summed E-state index contributed by atoms with van der Waals surface area (Å²) in [5.74, 6) is 0.449. The van der Waals surface area contributed by atoms with Crippen LogP contribution < -0.4 is 4.74 Å². The minimum atomic E-state index is -0.221. The van der Waals surface area contributed by atoms with Crippen LogP contribution in [0.15, 0.2) is 54.9 Å². The van der Waals surface area contributed by atoms with E-state index >= 15 is 0 Å². The molecule has 3 heterocycles. The van der Waals surface area contributed by atoms with E-state index in [4.69, 9.17) is 39.5 Å². The molecule has 1 aliphatic heterocycles. The lowest BCUT2D eigenvalue weighted by atomic mass is 9.86. The summed E-state index contributed by atoms with van der Waals surface area (Å²) >= 11 is 18.5. The maximum absolute atomic E-state index is 13.4. The number of nitrogens with zero attached hydrogens (tertiary/aromatic N) is 4. The van der Waals surface area contributed by atoms with Crippen LogP contribution in [-0.4, -0.2) is 59.0 Å². The first-order valence-electron chi connectivity index (χ1n) is 11.3. The molecule has 3 unspecified atom stereocenters. The Morgan fingerprint density at radius 3 is 2.49 bits per heavy atom. The Morgan fingerprint density at radius 2 is 1.86 bits per heavy atom. The molecule has 1 fully saturated rings. The fraction of sp³-hybridized carbons (Fsp3) is 0.346. The van der Waals surface area contributed by atoms with Crippen molar-refractivity contribution in [2.45, 2.75) is 25.5 Å². The third-order valence-electron chi connectivity index (χ3n) is 6.18. The molecule has 0 bridgehead atoms. The van der Waals surface area contributed by atoms with Gasteiger partial charge >= 0.3 is 0 Å². The van der Waals surface area contributed by atoms with Gasteiger partial charge < -0.3 is 14.5 Å². The van der Waals surface area contributed by atoms with Crippen molar-refractivity contribution in [3.8, 4) is 5.88 Å². The summed E-state index contributed by atoms with van der Waals surface area (Å²) in [5.41, 5.74) is 2.49. The molecular weight excluding hydrogens is 507 g/mol. The number of halogens is 3. The van der Waals surface area contributed by atoms with Crippen molar-refractivity contribution in [2.75, 3.05) is 27.2 Å². The summed E-state index contributed by atoms with van der Waals surface area (Å²) in [6, 6.07) is 12.9. The zero-order chi connectivity index (χ0) is 25.1. The fourth-order valence-electron chi connectivity index (χ4n) is 4.43. The number of amides is 1. The predicted octanol–water partition coefficient (Wildman–Crippen LogP) is 5.82. The van der Waals surface area contributed by atoms with Gasteiger partial charge in [0.2, 0.25) is 5.88 Å². The molecule has 184 valence electrons. The lowest BCUT2D eigenvalue weighted by Crippen LogP contribution is -2.32. The second-order valence-corrected chi connectivity index (χ2v) is 10.3. The number of pyridine rings is 2. The zero-order valence-electron chi connectivity index (χ0n) is 19.8. The van der Waals surface area contributed by atoms with Crippen molar-refractivity contribution in [1.82, 2.24) is 19.8 Å². The van der Waals surface area contributed by atoms with Crippen molar-refractivity contribution in [3.63, 3.8) is 0 Å². The molecule has 2 aromatic heterocycles. The Morgan fingerprint density at radius 1 is 1.06 bits per heavy atom. The highest BCUT2D eigenvalue weighted by Gasteiger charge is 2.40. The molecule has 0 saturated carbocycles. The van der Waals surface area contributed by atoms with Gasteiger partial charge in [0, 0.05) is 49.9 Å². The normalized spacial score (nSPS) is 18.7. The number of likely N-dealkylation sites (tertiary alicyclic amines) is 1. The van der Waals surface area contributed by atoms with Crippen molar-refractivity contribution < 1.29 is 9.53 Å². The van der Waals surface area contributed by atoms with Crippen molar-refractivity contribution in [3.05, 3.63) is 86.7 Å². The zero-order valence-corrected chi connectivity index (χ0v) is 22.1. The van der Waals surface area contributed by atoms with Gasteiger partial charge in [-0.15, -0.1) is 0 Å². The minimum Gasteiger partial charge on any atom is -0.474 e. The Labute approximate surface area is 220 Å².